The molecule has 0 saturated carbocycles. The summed E-state index contributed by atoms with van der Waals surface area (Å²) in [6.07, 6.45) is -0.268. The van der Waals surface area contributed by atoms with Crippen molar-refractivity contribution >= 4 is 23.1 Å². The van der Waals surface area contributed by atoms with Crippen molar-refractivity contribution in [2.75, 3.05) is 24.5 Å². The van der Waals surface area contributed by atoms with Crippen LogP contribution in [-0.4, -0.2) is 51.8 Å². The summed E-state index contributed by atoms with van der Waals surface area (Å²) in [6.45, 7) is 10.3. The Balaban J connectivity index is 1.61. The summed E-state index contributed by atoms with van der Waals surface area (Å²) in [5.41, 5.74) is 3.25. The number of hydrogen-bond donors (Lipinski definition) is 0. The van der Waals surface area contributed by atoms with Gasteiger partial charge in [-0.2, -0.15) is 5.26 Å². The number of hydrogen-bond acceptors (Lipinski definition) is 5. The molecule has 1 atom stereocenters. The number of amides is 1. The van der Waals surface area contributed by atoms with Crippen LogP contribution in [0.25, 0.3) is 11.0 Å². The number of nitrogens with zero attached hydrogens (tertiary/aromatic N) is 5. The number of aromatic nitrogens is 2. The minimum Gasteiger partial charge on any atom is -0.444 e. The number of benzene rings is 2. The van der Waals surface area contributed by atoms with Crippen LogP contribution < -0.4 is 4.90 Å². The summed E-state index contributed by atoms with van der Waals surface area (Å²) < 4.78 is 7.78. The molecule has 1 aliphatic heterocycles. The molecule has 1 fully saturated rings. The molecule has 2 heterocycles. The maximum atomic E-state index is 12.5. The highest BCUT2D eigenvalue weighted by atomic mass is 16.6. The van der Waals surface area contributed by atoms with Gasteiger partial charge in [-0.15, -0.1) is 0 Å². The fraction of sp³-hybridized carbons (Fsp3) is 0.400. The van der Waals surface area contributed by atoms with Gasteiger partial charge in [0, 0.05) is 25.7 Å². The summed E-state index contributed by atoms with van der Waals surface area (Å²) >= 11 is 0. The Kier molecular flexibility index (Phi) is 5.79. The third-order valence-electron chi connectivity index (χ3n) is 5.59. The van der Waals surface area contributed by atoms with E-state index in [2.05, 4.69) is 28.5 Å². The molecule has 4 rings (SSSR count). The summed E-state index contributed by atoms with van der Waals surface area (Å²) in [4.78, 5) is 21.5. The second-order valence-electron chi connectivity index (χ2n) is 9.26. The number of fused-ring (bicyclic) bond motifs is 1. The molecule has 1 aliphatic rings. The first-order chi connectivity index (χ1) is 15.2. The summed E-state index contributed by atoms with van der Waals surface area (Å²) in [7, 11) is 0. The maximum Gasteiger partial charge on any atom is 0.410 e. The molecular weight excluding hydrogens is 402 g/mol. The van der Waals surface area contributed by atoms with Gasteiger partial charge in [-0.05, 0) is 57.5 Å². The van der Waals surface area contributed by atoms with E-state index in [1.54, 1.807) is 4.90 Å². The van der Waals surface area contributed by atoms with Gasteiger partial charge in [0.2, 0.25) is 5.95 Å². The second kappa shape index (κ2) is 8.54. The van der Waals surface area contributed by atoms with E-state index >= 15 is 0 Å². The number of rotatable bonds is 3. The molecule has 0 bridgehead atoms. The van der Waals surface area contributed by atoms with Crippen LogP contribution in [0.2, 0.25) is 0 Å². The SMILES string of the molecule is CC1CN(C(=O)OC(C)(C)C)CCN1c1nc2ccccc2n1Cc1ccc(C#N)cc1. The van der Waals surface area contributed by atoms with Crippen LogP contribution >= 0.6 is 0 Å². The lowest BCUT2D eigenvalue weighted by Gasteiger charge is -2.40. The first-order valence-electron chi connectivity index (χ1n) is 10.9. The van der Waals surface area contributed by atoms with Crippen molar-refractivity contribution in [3.63, 3.8) is 0 Å². The van der Waals surface area contributed by atoms with Crippen molar-refractivity contribution in [2.45, 2.75) is 45.9 Å². The fourth-order valence-electron chi connectivity index (χ4n) is 4.05. The van der Waals surface area contributed by atoms with Crippen LogP contribution in [0, 0.1) is 11.3 Å². The standard InChI is InChI=1S/C25H29N5O2/c1-18-16-28(24(31)32-25(2,3)4)13-14-29(18)23-27-21-7-5-6-8-22(21)30(23)17-20-11-9-19(15-26)10-12-20/h5-12,18H,13-14,16-17H2,1-4H3. The van der Waals surface area contributed by atoms with Gasteiger partial charge >= 0.3 is 6.09 Å². The Morgan fingerprint density at radius 2 is 1.88 bits per heavy atom. The van der Waals surface area contributed by atoms with Crippen molar-refractivity contribution in [2.24, 2.45) is 0 Å². The second-order valence-corrected chi connectivity index (χ2v) is 9.26. The summed E-state index contributed by atoms with van der Waals surface area (Å²) in [5.74, 6) is 0.895. The molecule has 0 radical (unpaired) electrons. The van der Waals surface area contributed by atoms with Gasteiger partial charge in [0.25, 0.3) is 0 Å². The van der Waals surface area contributed by atoms with Crippen molar-refractivity contribution in [1.82, 2.24) is 14.5 Å². The normalized spacial score (nSPS) is 16.8. The van der Waals surface area contributed by atoms with Gasteiger partial charge in [-0.3, -0.25) is 0 Å². The average molecular weight is 432 g/mol. The lowest BCUT2D eigenvalue weighted by Crippen LogP contribution is -2.55. The fourth-order valence-corrected chi connectivity index (χ4v) is 4.05. The van der Waals surface area contributed by atoms with Crippen LogP contribution in [0.1, 0.15) is 38.8 Å². The van der Waals surface area contributed by atoms with Crippen LogP contribution in [0.4, 0.5) is 10.7 Å². The van der Waals surface area contributed by atoms with E-state index in [1.165, 1.54) is 0 Å². The van der Waals surface area contributed by atoms with Crippen molar-refractivity contribution in [3.05, 3.63) is 59.7 Å². The predicted octanol–water partition coefficient (Wildman–Crippen LogP) is 4.40. The highest BCUT2D eigenvalue weighted by molar-refractivity contribution is 5.79. The molecule has 7 nitrogen and oxygen atoms in total. The van der Waals surface area contributed by atoms with Crippen LogP contribution in [0.3, 0.4) is 0 Å². The third-order valence-corrected chi connectivity index (χ3v) is 5.59. The highest BCUT2D eigenvalue weighted by Gasteiger charge is 2.32. The zero-order chi connectivity index (χ0) is 22.9. The topological polar surface area (TPSA) is 74.4 Å². The Morgan fingerprint density at radius 1 is 1.16 bits per heavy atom. The molecule has 3 aromatic rings. The number of carbonyl (C=O) groups is 1. The quantitative estimate of drug-likeness (QED) is 0.614. The predicted molar refractivity (Wildman–Crippen MR) is 125 cm³/mol. The molecule has 1 amide bonds. The molecule has 1 aromatic heterocycles. The third kappa shape index (κ3) is 4.54. The first kappa shape index (κ1) is 21.7. The highest BCUT2D eigenvalue weighted by Crippen LogP contribution is 2.27. The molecule has 0 spiro atoms. The van der Waals surface area contributed by atoms with E-state index in [0.717, 1.165) is 22.5 Å². The molecule has 2 aromatic carbocycles. The number of imidazole rings is 1. The van der Waals surface area contributed by atoms with Gasteiger partial charge in [0.05, 0.1) is 29.2 Å². The van der Waals surface area contributed by atoms with E-state index < -0.39 is 5.60 Å². The molecule has 0 N–H and O–H groups in total. The number of nitriles is 1. The summed E-state index contributed by atoms with van der Waals surface area (Å²) in [6, 6.07) is 18.0. The van der Waals surface area contributed by atoms with Gasteiger partial charge < -0.3 is 19.1 Å². The molecular formula is C25H29N5O2. The Hall–Kier alpha value is -3.53. The smallest absolute Gasteiger partial charge is 0.410 e. The molecule has 1 unspecified atom stereocenters. The van der Waals surface area contributed by atoms with E-state index in [0.29, 0.717) is 31.7 Å². The minimum atomic E-state index is -0.507. The number of anilines is 1. The number of piperazine rings is 1. The zero-order valence-electron chi connectivity index (χ0n) is 19.1. The van der Waals surface area contributed by atoms with E-state index in [-0.39, 0.29) is 12.1 Å². The monoisotopic (exact) mass is 431 g/mol. The first-order valence-corrected chi connectivity index (χ1v) is 10.9. The van der Waals surface area contributed by atoms with Crippen molar-refractivity contribution < 1.29 is 9.53 Å². The van der Waals surface area contributed by atoms with Crippen molar-refractivity contribution in [3.8, 4) is 6.07 Å². The van der Waals surface area contributed by atoms with Crippen LogP contribution in [-0.2, 0) is 11.3 Å². The number of para-hydroxylation sites is 2. The molecule has 0 aliphatic carbocycles. The van der Waals surface area contributed by atoms with Crippen molar-refractivity contribution in [1.29, 1.82) is 5.26 Å². The lowest BCUT2D eigenvalue weighted by atomic mass is 10.1. The van der Waals surface area contributed by atoms with E-state index in [1.807, 2.05) is 63.2 Å². The zero-order valence-corrected chi connectivity index (χ0v) is 19.1. The van der Waals surface area contributed by atoms with Gasteiger partial charge in [-0.1, -0.05) is 24.3 Å². The number of carbonyl (C=O) groups excluding carboxylic acids is 1. The van der Waals surface area contributed by atoms with E-state index in [9.17, 15) is 4.79 Å². The average Bonchev–Trinajstić information content (AvgIpc) is 3.11. The molecule has 166 valence electrons. The largest absolute Gasteiger partial charge is 0.444 e. The van der Waals surface area contributed by atoms with E-state index in [4.69, 9.17) is 15.0 Å². The summed E-state index contributed by atoms with van der Waals surface area (Å²) in [5, 5.41) is 9.08. The Bertz CT molecular complexity index is 1150. The Labute approximate surface area is 188 Å². The molecule has 7 heteroatoms. The molecule has 1 saturated heterocycles. The molecule has 32 heavy (non-hydrogen) atoms. The number of ether oxygens (including phenoxy) is 1. The van der Waals surface area contributed by atoms with Gasteiger partial charge in [-0.25, -0.2) is 9.78 Å². The minimum absolute atomic E-state index is 0.0906. The van der Waals surface area contributed by atoms with Crippen LogP contribution in [0.5, 0.6) is 0 Å². The van der Waals surface area contributed by atoms with Crippen LogP contribution in [0.15, 0.2) is 48.5 Å². The maximum absolute atomic E-state index is 12.5. The lowest BCUT2D eigenvalue weighted by molar-refractivity contribution is 0.0218. The van der Waals surface area contributed by atoms with Gasteiger partial charge in [0.15, 0.2) is 0 Å². The Morgan fingerprint density at radius 3 is 2.53 bits per heavy atom. The van der Waals surface area contributed by atoms with Gasteiger partial charge in [0.1, 0.15) is 5.60 Å².